The Morgan fingerprint density at radius 2 is 2.23 bits per heavy atom. The fourth-order valence-electron chi connectivity index (χ4n) is 3.69. The minimum Gasteiger partial charge on any atom is -0.374 e. The number of hydrogen-bond donors (Lipinski definition) is 2. The third-order valence-electron chi connectivity index (χ3n) is 5.09. The quantitative estimate of drug-likeness (QED) is 0.820. The molecule has 2 atom stereocenters. The van der Waals surface area contributed by atoms with E-state index in [2.05, 4.69) is 17.6 Å². The lowest BCUT2D eigenvalue weighted by Crippen LogP contribution is -2.49. The monoisotopic (exact) mass is 359 g/mol. The predicted molar refractivity (Wildman–Crippen MR) is 101 cm³/mol. The third kappa shape index (κ3) is 5.46. The number of urea groups is 1. The van der Waals surface area contributed by atoms with E-state index in [1.807, 2.05) is 24.3 Å². The maximum absolute atomic E-state index is 12.2. The summed E-state index contributed by atoms with van der Waals surface area (Å²) in [6.07, 6.45) is 6.02. The number of ether oxygens (including phenoxy) is 1. The van der Waals surface area contributed by atoms with Crippen molar-refractivity contribution >= 4 is 17.6 Å². The van der Waals surface area contributed by atoms with E-state index in [0.717, 1.165) is 36.4 Å². The van der Waals surface area contributed by atoms with Crippen molar-refractivity contribution in [3.63, 3.8) is 0 Å². The minimum atomic E-state index is -0.179. The highest BCUT2D eigenvalue weighted by Gasteiger charge is 2.21. The number of rotatable bonds is 6. The zero-order valence-corrected chi connectivity index (χ0v) is 15.5. The van der Waals surface area contributed by atoms with Crippen LogP contribution in [0.15, 0.2) is 24.3 Å². The molecule has 1 saturated carbocycles. The van der Waals surface area contributed by atoms with Crippen LogP contribution in [-0.4, -0.2) is 42.6 Å². The molecule has 2 aliphatic rings. The average Bonchev–Trinajstić information content (AvgIpc) is 2.62. The summed E-state index contributed by atoms with van der Waals surface area (Å²) in [6.45, 7) is 4.22. The van der Waals surface area contributed by atoms with Gasteiger partial charge < -0.3 is 20.3 Å². The van der Waals surface area contributed by atoms with Crippen LogP contribution in [0.5, 0.6) is 0 Å². The number of amides is 3. The van der Waals surface area contributed by atoms with Gasteiger partial charge in [0, 0.05) is 18.8 Å². The molecule has 0 aromatic heterocycles. The molecule has 3 amide bonds. The smallest absolute Gasteiger partial charge is 0.317 e. The van der Waals surface area contributed by atoms with E-state index in [1.165, 1.54) is 17.7 Å². The summed E-state index contributed by atoms with van der Waals surface area (Å²) in [5, 5.41) is 5.63. The summed E-state index contributed by atoms with van der Waals surface area (Å²) in [5.74, 6) is 0.563. The molecule has 0 bridgehead atoms. The van der Waals surface area contributed by atoms with E-state index in [1.54, 1.807) is 0 Å². The molecule has 6 nitrogen and oxygen atoms in total. The molecule has 0 unspecified atom stereocenters. The lowest BCUT2D eigenvalue weighted by atomic mass is 9.89. The molecule has 2 fully saturated rings. The fourth-order valence-corrected chi connectivity index (χ4v) is 3.69. The molecule has 3 rings (SSSR count). The van der Waals surface area contributed by atoms with Crippen LogP contribution in [0.2, 0.25) is 0 Å². The Labute approximate surface area is 155 Å². The molecule has 6 heteroatoms. The lowest BCUT2D eigenvalue weighted by Gasteiger charge is -2.27. The predicted octanol–water partition coefficient (Wildman–Crippen LogP) is 3.14. The molecule has 142 valence electrons. The van der Waals surface area contributed by atoms with Gasteiger partial charge in [0.2, 0.25) is 5.91 Å². The Morgan fingerprint density at radius 3 is 3.04 bits per heavy atom. The summed E-state index contributed by atoms with van der Waals surface area (Å²) < 4.78 is 6.06. The first-order chi connectivity index (χ1) is 12.6. The van der Waals surface area contributed by atoms with Gasteiger partial charge in [-0.1, -0.05) is 31.9 Å². The van der Waals surface area contributed by atoms with Crippen LogP contribution in [0.3, 0.4) is 0 Å². The molecule has 1 aromatic carbocycles. The van der Waals surface area contributed by atoms with Crippen LogP contribution in [0, 0.1) is 5.92 Å². The van der Waals surface area contributed by atoms with Gasteiger partial charge in [0.1, 0.15) is 6.54 Å². The molecule has 0 radical (unpaired) electrons. The van der Waals surface area contributed by atoms with Crippen LogP contribution >= 0.6 is 0 Å². The number of nitrogens with one attached hydrogen (secondary N) is 2. The van der Waals surface area contributed by atoms with E-state index in [-0.39, 0.29) is 18.5 Å². The Hall–Kier alpha value is -2.08. The molecule has 1 aliphatic heterocycles. The second-order valence-corrected chi connectivity index (χ2v) is 7.46. The van der Waals surface area contributed by atoms with E-state index in [9.17, 15) is 9.59 Å². The number of carbonyl (C=O) groups is 2. The van der Waals surface area contributed by atoms with Gasteiger partial charge in [-0.15, -0.1) is 0 Å². The van der Waals surface area contributed by atoms with Gasteiger partial charge in [0.15, 0.2) is 0 Å². The van der Waals surface area contributed by atoms with E-state index in [0.29, 0.717) is 25.8 Å². The largest absolute Gasteiger partial charge is 0.374 e. The third-order valence-corrected chi connectivity index (χ3v) is 5.09. The Kier molecular flexibility index (Phi) is 6.50. The Morgan fingerprint density at radius 1 is 1.35 bits per heavy atom. The second-order valence-electron chi connectivity index (χ2n) is 7.46. The van der Waals surface area contributed by atoms with Crippen LogP contribution in [0.25, 0.3) is 0 Å². The highest BCUT2D eigenvalue weighted by molar-refractivity contribution is 5.94. The summed E-state index contributed by atoms with van der Waals surface area (Å²) >= 11 is 0. The fraction of sp³-hybridized carbons (Fsp3) is 0.600. The van der Waals surface area contributed by atoms with E-state index < -0.39 is 0 Å². The van der Waals surface area contributed by atoms with Crippen LogP contribution in [0.4, 0.5) is 10.5 Å². The highest BCUT2D eigenvalue weighted by Crippen LogP contribution is 2.26. The summed E-state index contributed by atoms with van der Waals surface area (Å²) in [4.78, 5) is 25.5. The lowest BCUT2D eigenvalue weighted by molar-refractivity contribution is -0.116. The maximum atomic E-state index is 12.2. The maximum Gasteiger partial charge on any atom is 0.317 e. The van der Waals surface area contributed by atoms with Crippen LogP contribution in [0.1, 0.15) is 44.6 Å². The first-order valence-electron chi connectivity index (χ1n) is 9.63. The number of hydrogen-bond acceptors (Lipinski definition) is 3. The van der Waals surface area contributed by atoms with Gasteiger partial charge in [-0.05, 0) is 42.9 Å². The Bertz CT molecular complexity index is 634. The van der Waals surface area contributed by atoms with Gasteiger partial charge in [0.25, 0.3) is 0 Å². The number of anilines is 1. The minimum absolute atomic E-state index is 0.0759. The number of benzene rings is 1. The number of carbonyl (C=O) groups excluding carboxylic acids is 2. The molecule has 1 aliphatic carbocycles. The Balaban J connectivity index is 1.48. The van der Waals surface area contributed by atoms with E-state index >= 15 is 0 Å². The van der Waals surface area contributed by atoms with Crippen molar-refractivity contribution in [1.82, 2.24) is 10.2 Å². The first kappa shape index (κ1) is 18.7. The first-order valence-corrected chi connectivity index (χ1v) is 9.63. The van der Waals surface area contributed by atoms with Gasteiger partial charge in [-0.3, -0.25) is 4.79 Å². The van der Waals surface area contributed by atoms with Crippen molar-refractivity contribution in [3.05, 3.63) is 29.8 Å². The average molecular weight is 359 g/mol. The van der Waals surface area contributed by atoms with Crippen molar-refractivity contribution < 1.29 is 14.3 Å². The van der Waals surface area contributed by atoms with Gasteiger partial charge in [-0.2, -0.15) is 0 Å². The van der Waals surface area contributed by atoms with E-state index in [4.69, 9.17) is 4.74 Å². The van der Waals surface area contributed by atoms with Gasteiger partial charge in [-0.25, -0.2) is 4.79 Å². The van der Waals surface area contributed by atoms with Crippen LogP contribution in [-0.2, 0) is 16.1 Å². The SMILES string of the molecule is C[C@@H]1CCC[C@@H](OCc2cccc(NC(=O)CN3CCCNC3=O)c2)C1. The summed E-state index contributed by atoms with van der Waals surface area (Å²) in [5.41, 5.74) is 1.79. The van der Waals surface area contributed by atoms with Crippen molar-refractivity contribution in [3.8, 4) is 0 Å². The van der Waals surface area contributed by atoms with Gasteiger partial charge >= 0.3 is 6.03 Å². The van der Waals surface area contributed by atoms with Crippen molar-refractivity contribution in [2.24, 2.45) is 5.92 Å². The molecule has 2 N–H and O–H groups in total. The van der Waals surface area contributed by atoms with Crippen molar-refractivity contribution in [2.45, 2.75) is 51.7 Å². The normalized spacial score (nSPS) is 23.4. The topological polar surface area (TPSA) is 70.7 Å². The summed E-state index contributed by atoms with van der Waals surface area (Å²) in [6, 6.07) is 7.57. The van der Waals surface area contributed by atoms with Crippen molar-refractivity contribution in [2.75, 3.05) is 25.0 Å². The van der Waals surface area contributed by atoms with Crippen LogP contribution < -0.4 is 10.6 Å². The van der Waals surface area contributed by atoms with Gasteiger partial charge in [0.05, 0.1) is 12.7 Å². The molecule has 1 aromatic rings. The molecular weight excluding hydrogens is 330 g/mol. The second kappa shape index (κ2) is 9.03. The zero-order chi connectivity index (χ0) is 18.4. The zero-order valence-electron chi connectivity index (χ0n) is 15.5. The molecule has 26 heavy (non-hydrogen) atoms. The molecule has 1 heterocycles. The highest BCUT2D eigenvalue weighted by atomic mass is 16.5. The number of nitrogens with zero attached hydrogens (tertiary/aromatic N) is 1. The van der Waals surface area contributed by atoms with Crippen molar-refractivity contribution in [1.29, 1.82) is 0 Å². The summed E-state index contributed by atoms with van der Waals surface area (Å²) in [7, 11) is 0. The molecule has 0 spiro atoms. The molecule has 1 saturated heterocycles. The standard InChI is InChI=1S/C20H29N3O3/c1-15-5-2-8-18(11-15)26-14-16-6-3-7-17(12-16)22-19(24)13-23-10-4-9-21-20(23)25/h3,6-7,12,15,18H,2,4-5,8-11,13-14H2,1H3,(H,21,25)(H,22,24)/t15-,18-/m1/s1. The molecular formula is C20H29N3O3.